The SMILES string of the molecule is O=c1c(Cl)c(Nc2ccc3ccccc3c2)cnn1C12CC3CC(CC(C3)C1)C2. The van der Waals surface area contributed by atoms with Crippen molar-refractivity contribution in [2.24, 2.45) is 17.8 Å². The minimum absolute atomic E-state index is 0.114. The second-order valence-corrected chi connectivity index (χ2v) is 9.80. The molecular formula is C24H24ClN3O. The molecule has 1 heterocycles. The van der Waals surface area contributed by atoms with Gasteiger partial charge in [0.05, 0.1) is 17.4 Å². The van der Waals surface area contributed by atoms with Crippen LogP contribution in [-0.2, 0) is 5.54 Å². The van der Waals surface area contributed by atoms with Gasteiger partial charge >= 0.3 is 0 Å². The zero-order valence-electron chi connectivity index (χ0n) is 16.3. The van der Waals surface area contributed by atoms with Crippen molar-refractivity contribution in [1.82, 2.24) is 9.78 Å². The Morgan fingerprint density at radius 1 is 0.966 bits per heavy atom. The van der Waals surface area contributed by atoms with Crippen molar-refractivity contribution in [2.45, 2.75) is 44.1 Å². The van der Waals surface area contributed by atoms with Crippen LogP contribution in [0.3, 0.4) is 0 Å². The van der Waals surface area contributed by atoms with E-state index in [2.05, 4.69) is 34.7 Å². The van der Waals surface area contributed by atoms with Crippen LogP contribution in [0.1, 0.15) is 38.5 Å². The molecule has 4 nitrogen and oxygen atoms in total. The van der Waals surface area contributed by atoms with Crippen molar-refractivity contribution in [3.05, 3.63) is 64.0 Å². The van der Waals surface area contributed by atoms with E-state index in [-0.39, 0.29) is 16.1 Å². The molecule has 5 heteroatoms. The molecule has 4 aliphatic carbocycles. The average Bonchev–Trinajstić information content (AvgIpc) is 2.70. The number of benzene rings is 2. The zero-order chi connectivity index (χ0) is 19.6. The Kier molecular flexibility index (Phi) is 3.83. The third kappa shape index (κ3) is 2.80. The van der Waals surface area contributed by atoms with Crippen molar-refractivity contribution >= 4 is 33.7 Å². The fraction of sp³-hybridized carbons (Fsp3) is 0.417. The molecule has 0 unspecified atom stereocenters. The number of nitrogens with zero attached hydrogens (tertiary/aromatic N) is 2. The Morgan fingerprint density at radius 2 is 1.62 bits per heavy atom. The molecule has 4 bridgehead atoms. The summed E-state index contributed by atoms with van der Waals surface area (Å²) >= 11 is 6.57. The number of hydrogen-bond donors (Lipinski definition) is 1. The highest BCUT2D eigenvalue weighted by Crippen LogP contribution is 2.58. The summed E-state index contributed by atoms with van der Waals surface area (Å²) in [5.74, 6) is 2.26. The Morgan fingerprint density at radius 3 is 2.31 bits per heavy atom. The van der Waals surface area contributed by atoms with E-state index in [9.17, 15) is 4.79 Å². The first kappa shape index (κ1) is 17.5. The third-order valence-electron chi connectivity index (χ3n) is 7.40. The van der Waals surface area contributed by atoms with Gasteiger partial charge in [0, 0.05) is 5.69 Å². The van der Waals surface area contributed by atoms with Crippen molar-refractivity contribution in [3.8, 4) is 0 Å². The Bertz CT molecular complexity index is 1130. The first-order chi connectivity index (χ1) is 14.1. The molecule has 7 rings (SSSR count). The van der Waals surface area contributed by atoms with Gasteiger partial charge in [0.1, 0.15) is 5.02 Å². The molecule has 3 aromatic rings. The zero-order valence-corrected chi connectivity index (χ0v) is 17.0. The summed E-state index contributed by atoms with van der Waals surface area (Å²) in [5, 5.41) is 10.5. The van der Waals surface area contributed by atoms with Crippen molar-refractivity contribution < 1.29 is 0 Å². The fourth-order valence-electron chi connectivity index (χ4n) is 6.60. The maximum atomic E-state index is 13.2. The molecule has 29 heavy (non-hydrogen) atoms. The van der Waals surface area contributed by atoms with Gasteiger partial charge in [-0.05, 0) is 79.2 Å². The van der Waals surface area contributed by atoms with Gasteiger partial charge in [0.15, 0.2) is 0 Å². The van der Waals surface area contributed by atoms with Gasteiger partial charge in [-0.25, -0.2) is 4.68 Å². The highest BCUT2D eigenvalue weighted by atomic mass is 35.5. The summed E-state index contributed by atoms with van der Waals surface area (Å²) in [4.78, 5) is 13.2. The molecule has 0 amide bonds. The van der Waals surface area contributed by atoms with Crippen LogP contribution in [0, 0.1) is 17.8 Å². The third-order valence-corrected chi connectivity index (χ3v) is 7.77. The molecule has 1 N–H and O–H groups in total. The maximum Gasteiger partial charge on any atom is 0.288 e. The summed E-state index contributed by atoms with van der Waals surface area (Å²) in [6.07, 6.45) is 8.99. The molecule has 0 atom stereocenters. The van der Waals surface area contributed by atoms with Crippen LogP contribution >= 0.6 is 11.6 Å². The van der Waals surface area contributed by atoms with E-state index in [1.807, 2.05) is 18.2 Å². The molecule has 4 fully saturated rings. The van der Waals surface area contributed by atoms with Crippen molar-refractivity contribution in [3.63, 3.8) is 0 Å². The summed E-state index contributed by atoms with van der Waals surface area (Å²) in [6.45, 7) is 0. The van der Waals surface area contributed by atoms with Crippen LogP contribution in [-0.4, -0.2) is 9.78 Å². The molecule has 2 aromatic carbocycles. The lowest BCUT2D eigenvalue weighted by Crippen LogP contribution is -2.55. The predicted octanol–water partition coefficient (Wildman–Crippen LogP) is 5.72. The number of hydrogen-bond acceptors (Lipinski definition) is 3. The smallest absolute Gasteiger partial charge is 0.288 e. The number of aromatic nitrogens is 2. The van der Waals surface area contributed by atoms with E-state index >= 15 is 0 Å². The second-order valence-electron chi connectivity index (χ2n) is 9.42. The molecule has 0 radical (unpaired) electrons. The quantitative estimate of drug-likeness (QED) is 0.606. The standard InChI is InChI=1S/C24H24ClN3O/c25-22-21(27-20-6-5-18-3-1-2-4-19(18)10-20)14-26-28(23(22)29)24-11-15-7-16(12-24)9-17(8-15)13-24/h1-6,10,14-17,27H,7-9,11-13H2. The molecular weight excluding hydrogens is 382 g/mol. The largest absolute Gasteiger partial charge is 0.353 e. The van der Waals surface area contributed by atoms with E-state index in [1.165, 1.54) is 24.6 Å². The monoisotopic (exact) mass is 405 g/mol. The lowest BCUT2D eigenvalue weighted by Gasteiger charge is -2.56. The highest BCUT2D eigenvalue weighted by molar-refractivity contribution is 6.33. The van der Waals surface area contributed by atoms with Gasteiger partial charge in [0.25, 0.3) is 5.56 Å². The predicted molar refractivity (Wildman–Crippen MR) is 117 cm³/mol. The molecule has 0 spiro atoms. The Balaban J connectivity index is 1.35. The van der Waals surface area contributed by atoms with E-state index in [4.69, 9.17) is 11.6 Å². The molecule has 1 aromatic heterocycles. The molecule has 0 aliphatic heterocycles. The Labute approximate surface area is 174 Å². The van der Waals surface area contributed by atoms with Gasteiger partial charge in [-0.1, -0.05) is 41.9 Å². The van der Waals surface area contributed by atoms with Gasteiger partial charge in [-0.15, -0.1) is 0 Å². The summed E-state index contributed by atoms with van der Waals surface area (Å²) in [7, 11) is 0. The normalized spacial score (nSPS) is 30.0. The lowest BCUT2D eigenvalue weighted by atomic mass is 9.53. The minimum atomic E-state index is -0.153. The van der Waals surface area contributed by atoms with Crippen LogP contribution in [0.5, 0.6) is 0 Å². The van der Waals surface area contributed by atoms with Gasteiger partial charge in [-0.3, -0.25) is 4.79 Å². The summed E-state index contributed by atoms with van der Waals surface area (Å²) in [5.41, 5.74) is 1.21. The molecule has 0 saturated heterocycles. The first-order valence-electron chi connectivity index (χ1n) is 10.6. The van der Waals surface area contributed by atoms with E-state index < -0.39 is 0 Å². The van der Waals surface area contributed by atoms with E-state index in [1.54, 1.807) is 10.9 Å². The second kappa shape index (κ2) is 6.33. The van der Waals surface area contributed by atoms with E-state index in [0.717, 1.165) is 48.1 Å². The van der Waals surface area contributed by atoms with E-state index in [0.29, 0.717) is 5.69 Å². The summed E-state index contributed by atoms with van der Waals surface area (Å²) in [6, 6.07) is 14.3. The van der Waals surface area contributed by atoms with Crippen LogP contribution < -0.4 is 10.9 Å². The van der Waals surface area contributed by atoms with Crippen molar-refractivity contribution in [2.75, 3.05) is 5.32 Å². The van der Waals surface area contributed by atoms with Crippen LogP contribution in [0.25, 0.3) is 10.8 Å². The minimum Gasteiger partial charge on any atom is -0.353 e. The number of nitrogens with one attached hydrogen (secondary N) is 1. The van der Waals surface area contributed by atoms with Crippen LogP contribution in [0.2, 0.25) is 5.02 Å². The molecule has 4 saturated carbocycles. The molecule has 4 aliphatic rings. The average molecular weight is 406 g/mol. The number of fused-ring (bicyclic) bond motifs is 1. The lowest BCUT2D eigenvalue weighted by molar-refractivity contribution is -0.0518. The Hall–Kier alpha value is -2.33. The molecule has 148 valence electrons. The fourth-order valence-corrected chi connectivity index (χ4v) is 6.78. The summed E-state index contributed by atoms with van der Waals surface area (Å²) < 4.78 is 1.74. The van der Waals surface area contributed by atoms with Gasteiger partial charge in [0.2, 0.25) is 0 Å². The van der Waals surface area contributed by atoms with Gasteiger partial charge in [-0.2, -0.15) is 5.10 Å². The van der Waals surface area contributed by atoms with Crippen LogP contribution in [0.15, 0.2) is 53.5 Å². The number of anilines is 2. The maximum absolute atomic E-state index is 13.2. The number of halogens is 1. The van der Waals surface area contributed by atoms with Crippen LogP contribution in [0.4, 0.5) is 11.4 Å². The highest BCUT2D eigenvalue weighted by Gasteiger charge is 2.53. The topological polar surface area (TPSA) is 46.9 Å². The van der Waals surface area contributed by atoms with Gasteiger partial charge < -0.3 is 5.32 Å². The van der Waals surface area contributed by atoms with Crippen molar-refractivity contribution in [1.29, 1.82) is 0 Å². The number of rotatable bonds is 3. The first-order valence-corrected chi connectivity index (χ1v) is 11.0.